The number of methoxy groups -OCH3 is 1. The summed E-state index contributed by atoms with van der Waals surface area (Å²) >= 11 is 0. The first-order valence-corrected chi connectivity index (χ1v) is 6.80. The number of anilines is 1. The first-order chi connectivity index (χ1) is 10.2. The number of urea groups is 1. The van der Waals surface area contributed by atoms with Crippen LogP contribution in [0.1, 0.15) is 12.5 Å². The number of nitrogens with zero attached hydrogens (tertiary/aromatic N) is 5. The molecule has 8 nitrogen and oxygen atoms in total. The first kappa shape index (κ1) is 13.5. The highest BCUT2D eigenvalue weighted by Crippen LogP contribution is 2.24. The van der Waals surface area contributed by atoms with Gasteiger partial charge in [-0.3, -0.25) is 9.36 Å². The summed E-state index contributed by atoms with van der Waals surface area (Å²) in [7, 11) is 3.31. The smallest absolute Gasteiger partial charge is 0.322 e. The van der Waals surface area contributed by atoms with Crippen LogP contribution >= 0.6 is 0 Å². The van der Waals surface area contributed by atoms with E-state index in [1.54, 1.807) is 29.0 Å². The highest BCUT2D eigenvalue weighted by molar-refractivity contribution is 5.90. The summed E-state index contributed by atoms with van der Waals surface area (Å²) in [4.78, 5) is 14.1. The summed E-state index contributed by atoms with van der Waals surface area (Å²) < 4.78 is 8.63. The van der Waals surface area contributed by atoms with E-state index in [0.29, 0.717) is 24.7 Å². The minimum absolute atomic E-state index is 0.143. The van der Waals surface area contributed by atoms with Crippen LogP contribution in [0.4, 0.5) is 10.5 Å². The monoisotopic (exact) mass is 290 g/mol. The second kappa shape index (κ2) is 5.47. The molecule has 112 valence electrons. The van der Waals surface area contributed by atoms with Crippen molar-refractivity contribution < 1.29 is 9.53 Å². The topological polar surface area (TPSA) is 77.2 Å². The maximum Gasteiger partial charge on any atom is 0.322 e. The number of nitrogens with one attached hydrogen (secondary N) is 1. The predicted octanol–water partition coefficient (Wildman–Crippen LogP) is 1.10. The van der Waals surface area contributed by atoms with Crippen LogP contribution in [0.5, 0.6) is 5.88 Å². The van der Waals surface area contributed by atoms with Crippen molar-refractivity contribution in [3.8, 4) is 5.88 Å². The number of ether oxygens (including phenoxy) is 1. The summed E-state index contributed by atoms with van der Waals surface area (Å²) in [5, 5.41) is 11.2. The molecule has 0 bridgehead atoms. The Balaban J connectivity index is 1.64. The summed E-state index contributed by atoms with van der Waals surface area (Å²) in [5.41, 5.74) is 0.576. The summed E-state index contributed by atoms with van der Waals surface area (Å²) in [6.07, 6.45) is 6.30. The van der Waals surface area contributed by atoms with E-state index >= 15 is 0 Å². The number of hydrogen-bond acceptors (Lipinski definition) is 4. The standard InChI is InChI=1S/C13H18N6O2/c1-17-9-11(12(16-17)21-2)15-13(20)18-7-4-10(8-18)19-6-3-5-14-19/h3,5-6,9-10H,4,7-8H2,1-2H3,(H,15,20). The van der Waals surface area contributed by atoms with Gasteiger partial charge in [-0.15, -0.1) is 5.10 Å². The number of aromatic nitrogens is 4. The van der Waals surface area contributed by atoms with Gasteiger partial charge in [0.15, 0.2) is 0 Å². The Morgan fingerprint density at radius 3 is 3.10 bits per heavy atom. The van der Waals surface area contributed by atoms with Crippen LogP contribution in [0, 0.1) is 0 Å². The van der Waals surface area contributed by atoms with Crippen LogP contribution in [0.15, 0.2) is 24.7 Å². The molecule has 0 saturated carbocycles. The van der Waals surface area contributed by atoms with Crippen molar-refractivity contribution in [1.82, 2.24) is 24.5 Å². The molecule has 1 saturated heterocycles. The minimum Gasteiger partial charge on any atom is -0.478 e. The molecule has 2 aromatic heterocycles. The predicted molar refractivity (Wildman–Crippen MR) is 76.2 cm³/mol. The average Bonchev–Trinajstić information content (AvgIpc) is 3.18. The van der Waals surface area contributed by atoms with Crippen molar-refractivity contribution in [3.05, 3.63) is 24.7 Å². The molecule has 1 aliphatic rings. The summed E-state index contributed by atoms with van der Waals surface area (Å²) in [6.45, 7) is 1.36. The quantitative estimate of drug-likeness (QED) is 0.918. The van der Waals surface area contributed by atoms with Gasteiger partial charge >= 0.3 is 6.03 Å². The van der Waals surface area contributed by atoms with Crippen molar-refractivity contribution in [2.24, 2.45) is 7.05 Å². The fourth-order valence-electron chi connectivity index (χ4n) is 2.54. The van der Waals surface area contributed by atoms with Crippen LogP contribution in [0.2, 0.25) is 0 Å². The third-order valence-electron chi connectivity index (χ3n) is 3.58. The van der Waals surface area contributed by atoms with Gasteiger partial charge < -0.3 is 15.0 Å². The SMILES string of the molecule is COc1nn(C)cc1NC(=O)N1CCC(n2cccn2)C1. The van der Waals surface area contributed by atoms with Gasteiger partial charge in [0.25, 0.3) is 5.88 Å². The molecule has 21 heavy (non-hydrogen) atoms. The van der Waals surface area contributed by atoms with E-state index in [-0.39, 0.29) is 12.1 Å². The lowest BCUT2D eigenvalue weighted by Crippen LogP contribution is -2.33. The largest absolute Gasteiger partial charge is 0.478 e. The molecule has 1 N–H and O–H groups in total. The van der Waals surface area contributed by atoms with E-state index in [4.69, 9.17) is 4.74 Å². The molecular formula is C13H18N6O2. The molecule has 0 aromatic carbocycles. The van der Waals surface area contributed by atoms with Crippen LogP contribution in [-0.2, 0) is 7.05 Å². The van der Waals surface area contributed by atoms with Crippen molar-refractivity contribution >= 4 is 11.7 Å². The maximum absolute atomic E-state index is 12.3. The number of hydrogen-bond donors (Lipinski definition) is 1. The highest BCUT2D eigenvalue weighted by atomic mass is 16.5. The Bertz CT molecular complexity index is 621. The van der Waals surface area contributed by atoms with E-state index in [9.17, 15) is 4.79 Å². The van der Waals surface area contributed by atoms with Crippen molar-refractivity contribution in [2.75, 3.05) is 25.5 Å². The van der Waals surface area contributed by atoms with E-state index in [1.165, 1.54) is 7.11 Å². The molecule has 3 heterocycles. The van der Waals surface area contributed by atoms with E-state index in [2.05, 4.69) is 15.5 Å². The van der Waals surface area contributed by atoms with Gasteiger partial charge in [0.2, 0.25) is 0 Å². The Hall–Kier alpha value is -2.51. The molecular weight excluding hydrogens is 272 g/mol. The number of amides is 2. The van der Waals surface area contributed by atoms with Crippen molar-refractivity contribution in [1.29, 1.82) is 0 Å². The molecule has 2 aromatic rings. The molecule has 3 rings (SSSR count). The lowest BCUT2D eigenvalue weighted by Gasteiger charge is -2.17. The van der Waals surface area contributed by atoms with Gasteiger partial charge in [-0.2, -0.15) is 5.10 Å². The fourth-order valence-corrected chi connectivity index (χ4v) is 2.54. The first-order valence-electron chi connectivity index (χ1n) is 6.80. The van der Waals surface area contributed by atoms with E-state index < -0.39 is 0 Å². The minimum atomic E-state index is -0.143. The van der Waals surface area contributed by atoms with E-state index in [1.807, 2.05) is 16.9 Å². The highest BCUT2D eigenvalue weighted by Gasteiger charge is 2.28. The summed E-state index contributed by atoms with van der Waals surface area (Å²) in [6, 6.07) is 1.99. The van der Waals surface area contributed by atoms with Crippen molar-refractivity contribution in [2.45, 2.75) is 12.5 Å². The lowest BCUT2D eigenvalue weighted by atomic mass is 10.3. The molecule has 0 radical (unpaired) electrons. The molecule has 2 amide bonds. The average molecular weight is 290 g/mol. The normalized spacial score (nSPS) is 18.0. The number of carbonyl (C=O) groups is 1. The van der Waals surface area contributed by atoms with Crippen LogP contribution < -0.4 is 10.1 Å². The number of carbonyl (C=O) groups excluding carboxylic acids is 1. The van der Waals surface area contributed by atoms with Gasteiger partial charge in [0, 0.05) is 32.5 Å². The molecule has 0 aliphatic carbocycles. The van der Waals surface area contributed by atoms with Gasteiger partial charge in [-0.1, -0.05) is 0 Å². The fraction of sp³-hybridized carbons (Fsp3) is 0.462. The number of likely N-dealkylation sites (tertiary alicyclic amines) is 1. The van der Waals surface area contributed by atoms with E-state index in [0.717, 1.165) is 6.42 Å². The molecule has 8 heteroatoms. The van der Waals surface area contributed by atoms with Crippen molar-refractivity contribution in [3.63, 3.8) is 0 Å². The summed E-state index contributed by atoms with van der Waals surface area (Å²) in [5.74, 6) is 0.411. The molecule has 0 spiro atoms. The Morgan fingerprint density at radius 1 is 1.52 bits per heavy atom. The third-order valence-corrected chi connectivity index (χ3v) is 3.58. The maximum atomic E-state index is 12.3. The van der Waals surface area contributed by atoms with Crippen LogP contribution in [0.25, 0.3) is 0 Å². The zero-order chi connectivity index (χ0) is 14.8. The molecule has 1 aliphatic heterocycles. The van der Waals surface area contributed by atoms with Gasteiger partial charge in [-0.05, 0) is 12.5 Å². The number of rotatable bonds is 3. The number of aryl methyl sites for hydroxylation is 1. The van der Waals surface area contributed by atoms with Gasteiger partial charge in [0.05, 0.1) is 19.3 Å². The zero-order valence-electron chi connectivity index (χ0n) is 12.1. The van der Waals surface area contributed by atoms with Crippen LogP contribution in [-0.4, -0.2) is 50.7 Å². The van der Waals surface area contributed by atoms with Gasteiger partial charge in [-0.25, -0.2) is 4.79 Å². The Morgan fingerprint density at radius 2 is 2.38 bits per heavy atom. The second-order valence-corrected chi connectivity index (χ2v) is 5.03. The Labute approximate surface area is 122 Å². The Kier molecular flexibility index (Phi) is 3.51. The zero-order valence-corrected chi connectivity index (χ0v) is 12.1. The molecule has 1 atom stereocenters. The lowest BCUT2D eigenvalue weighted by molar-refractivity contribution is 0.220. The molecule has 1 unspecified atom stereocenters. The third kappa shape index (κ3) is 2.69. The van der Waals surface area contributed by atoms with Crippen LogP contribution in [0.3, 0.4) is 0 Å². The molecule has 1 fully saturated rings. The second-order valence-electron chi connectivity index (χ2n) is 5.03. The van der Waals surface area contributed by atoms with Gasteiger partial charge in [0.1, 0.15) is 5.69 Å².